The van der Waals surface area contributed by atoms with Crippen molar-refractivity contribution in [3.63, 3.8) is 0 Å². The minimum absolute atomic E-state index is 0.110. The highest BCUT2D eigenvalue weighted by atomic mass is 35.5. The number of phenolic OH excluding ortho intramolecular Hbond substituents is 2. The van der Waals surface area contributed by atoms with Crippen LogP contribution < -0.4 is 0 Å². The number of aromatic hydroxyl groups is 2. The molecule has 0 bridgehead atoms. The van der Waals surface area contributed by atoms with Crippen LogP contribution in [-0.4, -0.2) is 16.5 Å². The van der Waals surface area contributed by atoms with Crippen LogP contribution in [0, 0.1) is 25.7 Å². The summed E-state index contributed by atoms with van der Waals surface area (Å²) in [6, 6.07) is 0. The number of hydrogen-bond acceptors (Lipinski definition) is 3. The van der Waals surface area contributed by atoms with Gasteiger partial charge < -0.3 is 10.2 Å². The molecule has 0 saturated carbocycles. The van der Waals surface area contributed by atoms with E-state index in [1.165, 1.54) is 0 Å². The fourth-order valence-corrected chi connectivity index (χ4v) is 2.83. The summed E-state index contributed by atoms with van der Waals surface area (Å²) in [7, 11) is 0. The van der Waals surface area contributed by atoms with Crippen molar-refractivity contribution in [1.29, 1.82) is 0 Å². The summed E-state index contributed by atoms with van der Waals surface area (Å²) >= 11 is 6.05. The van der Waals surface area contributed by atoms with Gasteiger partial charge in [-0.05, 0) is 37.2 Å². The van der Waals surface area contributed by atoms with E-state index in [4.69, 9.17) is 11.6 Å². The van der Waals surface area contributed by atoms with Crippen molar-refractivity contribution >= 4 is 17.9 Å². The van der Waals surface area contributed by atoms with Crippen molar-refractivity contribution < 1.29 is 15.0 Å². The Morgan fingerprint density at radius 2 is 1.82 bits per heavy atom. The summed E-state index contributed by atoms with van der Waals surface area (Å²) < 4.78 is 0. The Hall–Kier alpha value is -1.22. The Morgan fingerprint density at radius 1 is 1.18 bits per heavy atom. The first-order valence-electron chi connectivity index (χ1n) is 7.80. The van der Waals surface area contributed by atoms with Crippen molar-refractivity contribution in [2.24, 2.45) is 11.8 Å². The third-order valence-electron chi connectivity index (χ3n) is 4.17. The molecule has 22 heavy (non-hydrogen) atoms. The van der Waals surface area contributed by atoms with E-state index in [0.29, 0.717) is 35.7 Å². The zero-order chi connectivity index (χ0) is 16.9. The number of aldehydes is 1. The predicted octanol–water partition coefficient (Wildman–Crippen LogP) is 5.08. The molecule has 2 unspecified atom stereocenters. The number of carbonyl (C=O) groups is 1. The Balaban J connectivity index is 2.78. The topological polar surface area (TPSA) is 57.5 Å². The maximum atomic E-state index is 11.1. The van der Waals surface area contributed by atoms with Crippen molar-refractivity contribution in [1.82, 2.24) is 0 Å². The van der Waals surface area contributed by atoms with Crippen LogP contribution >= 0.6 is 11.6 Å². The quantitative estimate of drug-likeness (QED) is 0.655. The molecule has 0 aliphatic rings. The fraction of sp³-hybridized carbons (Fsp3) is 0.556. The molecule has 0 aliphatic heterocycles. The number of benzene rings is 1. The second-order valence-electron chi connectivity index (χ2n) is 6.33. The van der Waals surface area contributed by atoms with Crippen molar-refractivity contribution in [3.8, 4) is 11.5 Å². The molecule has 3 nitrogen and oxygen atoms in total. The SMILES string of the molecule is [CH2]C(C)CCCC(C)CCc1c(O)c(Cl)c(C)c(C=O)c1O. The largest absolute Gasteiger partial charge is 0.507 e. The average Bonchev–Trinajstić information content (AvgIpc) is 2.45. The normalized spacial score (nSPS) is 12.6. The van der Waals surface area contributed by atoms with E-state index in [-0.39, 0.29) is 22.1 Å². The van der Waals surface area contributed by atoms with Crippen molar-refractivity contribution in [2.75, 3.05) is 0 Å². The standard InChI is InChI=1S/C18H26ClO3/c1-11(2)6-5-7-12(3)8-9-14-17(21)15(10-20)13(4)16(19)18(14)22/h10-12,21-22H,1,5-9H2,2-4H3. The van der Waals surface area contributed by atoms with Gasteiger partial charge in [0.1, 0.15) is 11.5 Å². The number of carbonyl (C=O) groups excluding carboxylic acids is 1. The molecule has 0 aromatic heterocycles. The Bertz CT molecular complexity index is 524. The molecule has 0 fully saturated rings. The van der Waals surface area contributed by atoms with Crippen molar-refractivity contribution in [3.05, 3.63) is 28.6 Å². The molecule has 0 amide bonds. The van der Waals surface area contributed by atoms with E-state index in [0.717, 1.165) is 25.7 Å². The molecule has 1 radical (unpaired) electrons. The predicted molar refractivity (Wildman–Crippen MR) is 90.8 cm³/mol. The van der Waals surface area contributed by atoms with Crippen molar-refractivity contribution in [2.45, 2.75) is 52.9 Å². The molecule has 123 valence electrons. The molecule has 1 aromatic carbocycles. The van der Waals surface area contributed by atoms with E-state index in [1.807, 2.05) is 0 Å². The zero-order valence-corrected chi connectivity index (χ0v) is 14.4. The molecular weight excluding hydrogens is 300 g/mol. The summed E-state index contributed by atoms with van der Waals surface area (Å²) in [5.41, 5.74) is 0.944. The Kier molecular flexibility index (Phi) is 7.21. The van der Waals surface area contributed by atoms with E-state index in [1.54, 1.807) is 6.92 Å². The smallest absolute Gasteiger partial charge is 0.154 e. The molecule has 0 saturated heterocycles. The lowest BCUT2D eigenvalue weighted by Gasteiger charge is -2.16. The summed E-state index contributed by atoms with van der Waals surface area (Å²) in [5, 5.41) is 20.4. The Labute approximate surface area is 138 Å². The second-order valence-corrected chi connectivity index (χ2v) is 6.70. The molecule has 4 heteroatoms. The molecule has 0 spiro atoms. The maximum absolute atomic E-state index is 11.1. The first-order chi connectivity index (χ1) is 10.3. The monoisotopic (exact) mass is 325 g/mol. The van der Waals surface area contributed by atoms with Gasteiger partial charge in [0.05, 0.1) is 10.6 Å². The first kappa shape index (κ1) is 18.8. The second kappa shape index (κ2) is 8.42. The van der Waals surface area contributed by atoms with E-state index in [9.17, 15) is 15.0 Å². The third kappa shape index (κ3) is 4.64. The lowest BCUT2D eigenvalue weighted by molar-refractivity contribution is 0.112. The molecule has 1 aromatic rings. The van der Waals surface area contributed by atoms with Crippen LogP contribution in [-0.2, 0) is 6.42 Å². The average molecular weight is 326 g/mol. The zero-order valence-electron chi connectivity index (χ0n) is 13.7. The highest BCUT2D eigenvalue weighted by Gasteiger charge is 2.20. The molecule has 2 atom stereocenters. The number of halogens is 1. The third-order valence-corrected chi connectivity index (χ3v) is 4.63. The summed E-state index contributed by atoms with van der Waals surface area (Å²) in [6.07, 6.45) is 5.22. The van der Waals surface area contributed by atoms with Crippen LogP contribution in [0.25, 0.3) is 0 Å². The van der Waals surface area contributed by atoms with Crippen LogP contribution in [0.3, 0.4) is 0 Å². The molecule has 1 rings (SSSR count). The van der Waals surface area contributed by atoms with Gasteiger partial charge in [0.2, 0.25) is 0 Å². The highest BCUT2D eigenvalue weighted by Crippen LogP contribution is 2.41. The van der Waals surface area contributed by atoms with Crippen LogP contribution in [0.4, 0.5) is 0 Å². The first-order valence-corrected chi connectivity index (χ1v) is 8.18. The molecule has 0 aliphatic carbocycles. The lowest BCUT2D eigenvalue weighted by Crippen LogP contribution is -2.02. The van der Waals surface area contributed by atoms with Gasteiger partial charge in [-0.2, -0.15) is 0 Å². The molecule has 2 N–H and O–H groups in total. The van der Waals surface area contributed by atoms with Gasteiger partial charge in [0, 0.05) is 5.56 Å². The van der Waals surface area contributed by atoms with Gasteiger partial charge in [-0.1, -0.05) is 51.6 Å². The van der Waals surface area contributed by atoms with E-state index in [2.05, 4.69) is 20.8 Å². The highest BCUT2D eigenvalue weighted by molar-refractivity contribution is 6.33. The van der Waals surface area contributed by atoms with Crippen LogP contribution in [0.5, 0.6) is 11.5 Å². The minimum atomic E-state index is -0.145. The van der Waals surface area contributed by atoms with Gasteiger partial charge in [0.15, 0.2) is 6.29 Å². The minimum Gasteiger partial charge on any atom is -0.507 e. The number of hydrogen-bond donors (Lipinski definition) is 2. The van der Waals surface area contributed by atoms with Gasteiger partial charge >= 0.3 is 0 Å². The van der Waals surface area contributed by atoms with E-state index >= 15 is 0 Å². The summed E-state index contributed by atoms with van der Waals surface area (Å²) in [6.45, 7) is 9.84. The van der Waals surface area contributed by atoms with Crippen LogP contribution in [0.2, 0.25) is 5.02 Å². The lowest BCUT2D eigenvalue weighted by atomic mass is 9.92. The fourth-order valence-electron chi connectivity index (χ4n) is 2.61. The van der Waals surface area contributed by atoms with Crippen LogP contribution in [0.1, 0.15) is 61.0 Å². The van der Waals surface area contributed by atoms with Gasteiger partial charge in [-0.3, -0.25) is 4.79 Å². The Morgan fingerprint density at radius 3 is 2.36 bits per heavy atom. The number of rotatable bonds is 8. The maximum Gasteiger partial charge on any atom is 0.154 e. The summed E-state index contributed by atoms with van der Waals surface area (Å²) in [5.74, 6) is 0.678. The molecular formula is C18H26ClO3. The van der Waals surface area contributed by atoms with Crippen LogP contribution in [0.15, 0.2) is 0 Å². The van der Waals surface area contributed by atoms with Gasteiger partial charge in [0.25, 0.3) is 0 Å². The van der Waals surface area contributed by atoms with Gasteiger partial charge in [-0.15, -0.1) is 0 Å². The van der Waals surface area contributed by atoms with Gasteiger partial charge in [-0.25, -0.2) is 0 Å². The summed E-state index contributed by atoms with van der Waals surface area (Å²) in [4.78, 5) is 11.1. The molecule has 0 heterocycles. The number of phenols is 2. The van der Waals surface area contributed by atoms with E-state index < -0.39 is 0 Å².